The van der Waals surface area contributed by atoms with E-state index in [0.29, 0.717) is 5.75 Å². The number of aliphatic hydroxyl groups is 1. The molecule has 1 atom stereocenters. The molecule has 0 aliphatic heterocycles. The Morgan fingerprint density at radius 3 is 2.30 bits per heavy atom. The van der Waals surface area contributed by atoms with E-state index >= 15 is 0 Å². The van der Waals surface area contributed by atoms with Gasteiger partial charge in [0.25, 0.3) is 0 Å². The van der Waals surface area contributed by atoms with Crippen molar-refractivity contribution in [2.24, 2.45) is 0 Å². The number of ether oxygens (including phenoxy) is 2. The Hall–Kier alpha value is -2.21. The molecule has 0 heterocycles. The van der Waals surface area contributed by atoms with Crippen LogP contribution in [-0.4, -0.2) is 17.9 Å². The lowest BCUT2D eigenvalue weighted by Crippen LogP contribution is -2.20. The fourth-order valence-electron chi connectivity index (χ4n) is 2.01. The Kier molecular flexibility index (Phi) is 5.50. The highest BCUT2D eigenvalue weighted by molar-refractivity contribution is 5.44. The Morgan fingerprint density at radius 1 is 1.00 bits per heavy atom. The van der Waals surface area contributed by atoms with E-state index in [1.165, 1.54) is 12.1 Å². The minimum absolute atomic E-state index is 0.171. The highest BCUT2D eigenvalue weighted by Gasteiger charge is 2.39. The molecule has 23 heavy (non-hydrogen) atoms. The van der Waals surface area contributed by atoms with Crippen LogP contribution in [-0.2, 0) is 6.61 Å². The van der Waals surface area contributed by atoms with E-state index in [-0.39, 0.29) is 24.5 Å². The normalized spacial score (nSPS) is 12.7. The number of rotatable bonds is 6. The molecular weight excluding hydrogens is 309 g/mol. The maximum absolute atomic E-state index is 12.6. The maximum atomic E-state index is 12.6. The third-order valence-electron chi connectivity index (χ3n) is 3.13. The molecule has 2 aromatic carbocycles. The topological polar surface area (TPSA) is 38.7 Å². The van der Waals surface area contributed by atoms with Gasteiger partial charge in [0.2, 0.25) is 0 Å². The first-order valence-electron chi connectivity index (χ1n) is 7.10. The number of hydrogen-bond donors (Lipinski definition) is 1. The van der Waals surface area contributed by atoms with Crippen molar-refractivity contribution < 1.29 is 27.8 Å². The van der Waals surface area contributed by atoms with Gasteiger partial charge in [-0.15, -0.1) is 0 Å². The van der Waals surface area contributed by atoms with Crippen LogP contribution in [0.15, 0.2) is 48.5 Å². The lowest BCUT2D eigenvalue weighted by atomic mass is 10.1. The molecule has 0 spiro atoms. The molecule has 2 aromatic rings. The van der Waals surface area contributed by atoms with Gasteiger partial charge in [-0.25, -0.2) is 0 Å². The van der Waals surface area contributed by atoms with Crippen LogP contribution < -0.4 is 9.47 Å². The van der Waals surface area contributed by atoms with Gasteiger partial charge in [0, 0.05) is 0 Å². The third kappa shape index (κ3) is 4.63. The van der Waals surface area contributed by atoms with Gasteiger partial charge in [-0.3, -0.25) is 0 Å². The largest absolute Gasteiger partial charge is 0.490 e. The Morgan fingerprint density at radius 2 is 1.70 bits per heavy atom. The highest BCUT2D eigenvalue weighted by Crippen LogP contribution is 2.37. The van der Waals surface area contributed by atoms with Gasteiger partial charge >= 0.3 is 6.18 Å². The summed E-state index contributed by atoms with van der Waals surface area (Å²) in [4.78, 5) is 0. The zero-order chi connectivity index (χ0) is 16.9. The van der Waals surface area contributed by atoms with Crippen molar-refractivity contribution in [2.45, 2.75) is 25.8 Å². The number of alkyl halides is 3. The van der Waals surface area contributed by atoms with Crippen molar-refractivity contribution in [3.8, 4) is 11.5 Å². The quantitative estimate of drug-likeness (QED) is 0.862. The molecular formula is C17H17F3O3. The van der Waals surface area contributed by atoms with Gasteiger partial charge in [-0.1, -0.05) is 36.4 Å². The van der Waals surface area contributed by atoms with Crippen LogP contribution in [0.1, 0.15) is 24.2 Å². The number of aliphatic hydroxyl groups excluding tert-OH is 1. The minimum Gasteiger partial charge on any atom is -0.490 e. The van der Waals surface area contributed by atoms with E-state index < -0.39 is 12.3 Å². The van der Waals surface area contributed by atoms with Crippen molar-refractivity contribution in [1.29, 1.82) is 0 Å². The van der Waals surface area contributed by atoms with E-state index in [4.69, 9.17) is 9.47 Å². The second-order valence-corrected chi connectivity index (χ2v) is 4.86. The molecule has 0 amide bonds. The summed E-state index contributed by atoms with van der Waals surface area (Å²) in [5, 5.41) is 9.33. The summed E-state index contributed by atoms with van der Waals surface area (Å²) in [7, 11) is 0. The SMILES string of the molecule is CCOc1cc(C(O)C(F)(F)F)ccc1OCc1ccccc1. The van der Waals surface area contributed by atoms with Crippen molar-refractivity contribution in [3.05, 3.63) is 59.7 Å². The first-order valence-corrected chi connectivity index (χ1v) is 7.10. The molecule has 1 N–H and O–H groups in total. The smallest absolute Gasteiger partial charge is 0.418 e. The lowest BCUT2D eigenvalue weighted by molar-refractivity contribution is -0.206. The van der Waals surface area contributed by atoms with E-state index in [1.54, 1.807) is 6.92 Å². The third-order valence-corrected chi connectivity index (χ3v) is 3.13. The zero-order valence-electron chi connectivity index (χ0n) is 12.5. The van der Waals surface area contributed by atoms with Gasteiger partial charge in [0.05, 0.1) is 6.61 Å². The van der Waals surface area contributed by atoms with Crippen LogP contribution in [0.25, 0.3) is 0 Å². The summed E-state index contributed by atoms with van der Waals surface area (Å²) >= 11 is 0. The zero-order valence-corrected chi connectivity index (χ0v) is 12.5. The van der Waals surface area contributed by atoms with Crippen molar-refractivity contribution in [1.82, 2.24) is 0 Å². The molecule has 6 heteroatoms. The van der Waals surface area contributed by atoms with Crippen LogP contribution in [0.2, 0.25) is 0 Å². The van der Waals surface area contributed by atoms with Crippen molar-refractivity contribution in [3.63, 3.8) is 0 Å². The second-order valence-electron chi connectivity index (χ2n) is 4.86. The van der Waals surface area contributed by atoms with Gasteiger partial charge in [-0.05, 0) is 30.2 Å². The monoisotopic (exact) mass is 326 g/mol. The molecule has 3 nitrogen and oxygen atoms in total. The molecule has 0 radical (unpaired) electrons. The van der Waals surface area contributed by atoms with Crippen LogP contribution >= 0.6 is 0 Å². The molecule has 0 bridgehead atoms. The fraction of sp³-hybridized carbons (Fsp3) is 0.294. The first kappa shape index (κ1) is 17.1. The number of halogens is 3. The molecule has 0 aliphatic rings. The lowest BCUT2D eigenvalue weighted by Gasteiger charge is -2.18. The van der Waals surface area contributed by atoms with E-state index in [2.05, 4.69) is 0 Å². The van der Waals surface area contributed by atoms with Crippen LogP contribution in [0.5, 0.6) is 11.5 Å². The summed E-state index contributed by atoms with van der Waals surface area (Å²) in [5.41, 5.74) is 0.641. The number of benzene rings is 2. The molecule has 0 fully saturated rings. The van der Waals surface area contributed by atoms with Crippen molar-refractivity contribution >= 4 is 0 Å². The predicted octanol–water partition coefficient (Wildman–Crippen LogP) is 4.26. The average molecular weight is 326 g/mol. The van der Waals surface area contributed by atoms with E-state index in [0.717, 1.165) is 11.6 Å². The van der Waals surface area contributed by atoms with E-state index in [9.17, 15) is 18.3 Å². The summed E-state index contributed by atoms with van der Waals surface area (Å²) in [6.45, 7) is 2.25. The molecule has 2 rings (SSSR count). The fourth-order valence-corrected chi connectivity index (χ4v) is 2.01. The average Bonchev–Trinajstić information content (AvgIpc) is 2.53. The van der Waals surface area contributed by atoms with Crippen LogP contribution in [0.3, 0.4) is 0 Å². The Bertz CT molecular complexity index is 627. The molecule has 124 valence electrons. The van der Waals surface area contributed by atoms with E-state index in [1.807, 2.05) is 30.3 Å². The summed E-state index contributed by atoms with van der Waals surface area (Å²) in [6.07, 6.45) is -7.28. The molecule has 0 aliphatic carbocycles. The Labute approximate surface area is 132 Å². The summed E-state index contributed by atoms with van der Waals surface area (Å²) < 4.78 is 48.7. The van der Waals surface area contributed by atoms with Crippen LogP contribution in [0, 0.1) is 0 Å². The standard InChI is InChI=1S/C17H17F3O3/c1-2-22-15-10-13(16(21)17(18,19)20)8-9-14(15)23-11-12-6-4-3-5-7-12/h3-10,16,21H,2,11H2,1H3. The van der Waals surface area contributed by atoms with Gasteiger partial charge in [0.1, 0.15) is 6.61 Å². The minimum atomic E-state index is -4.73. The Balaban J connectivity index is 2.19. The predicted molar refractivity (Wildman–Crippen MR) is 79.4 cm³/mol. The van der Waals surface area contributed by atoms with Crippen molar-refractivity contribution in [2.75, 3.05) is 6.61 Å². The molecule has 1 unspecified atom stereocenters. The number of hydrogen-bond acceptors (Lipinski definition) is 3. The molecule has 0 saturated carbocycles. The molecule has 0 saturated heterocycles. The summed E-state index contributed by atoms with van der Waals surface area (Å²) in [5.74, 6) is 0.498. The van der Waals surface area contributed by atoms with Gasteiger partial charge in [0.15, 0.2) is 17.6 Å². The first-order chi connectivity index (χ1) is 10.9. The van der Waals surface area contributed by atoms with Gasteiger partial charge < -0.3 is 14.6 Å². The summed E-state index contributed by atoms with van der Waals surface area (Å²) in [6, 6.07) is 13.1. The van der Waals surface area contributed by atoms with Crippen LogP contribution in [0.4, 0.5) is 13.2 Å². The van der Waals surface area contributed by atoms with Gasteiger partial charge in [-0.2, -0.15) is 13.2 Å². The highest BCUT2D eigenvalue weighted by atomic mass is 19.4. The maximum Gasteiger partial charge on any atom is 0.418 e. The second kappa shape index (κ2) is 7.37. The molecule has 0 aromatic heterocycles.